The Morgan fingerprint density at radius 3 is 2.37 bits per heavy atom. The molecule has 1 heterocycles. The number of benzene rings is 3. The number of carbonyl (C=O) groups excluding carboxylic acids is 1. The molecule has 1 aliphatic heterocycles. The monoisotopic (exact) mass is 401 g/mol. The first kappa shape index (κ1) is 19.2. The largest absolute Gasteiger partial charge is 0.478 e. The Balaban J connectivity index is 2.24. The summed E-state index contributed by atoms with van der Waals surface area (Å²) >= 11 is 0. The van der Waals surface area contributed by atoms with Crippen LogP contribution in [0, 0.1) is 19.3 Å². The van der Waals surface area contributed by atoms with Crippen LogP contribution < -0.4 is 16.8 Å². The van der Waals surface area contributed by atoms with Crippen molar-refractivity contribution in [2.24, 2.45) is 5.73 Å². The van der Waals surface area contributed by atoms with Crippen LogP contribution in [-0.4, -0.2) is 17.0 Å². The molecule has 7 heteroatoms. The molecule has 0 bridgehead atoms. The molecule has 0 unspecified atom stereocenters. The first-order valence-corrected chi connectivity index (χ1v) is 9.18. The van der Waals surface area contributed by atoms with Crippen LogP contribution in [0.1, 0.15) is 31.8 Å². The van der Waals surface area contributed by atoms with Crippen molar-refractivity contribution in [3.05, 3.63) is 70.1 Å². The van der Waals surface area contributed by atoms with E-state index in [0.29, 0.717) is 50.0 Å². The number of hydrogen-bond acceptors (Lipinski definition) is 5. The quantitative estimate of drug-likeness (QED) is 0.306. The lowest BCUT2D eigenvalue weighted by atomic mass is 9.88. The molecular formula is C23H19N3O4. The molecule has 1 aliphatic carbocycles. The van der Waals surface area contributed by atoms with Gasteiger partial charge in [0, 0.05) is 38.9 Å². The molecular weight excluding hydrogens is 382 g/mol. The lowest BCUT2D eigenvalue weighted by Gasteiger charge is -2.19. The van der Waals surface area contributed by atoms with Gasteiger partial charge in [-0.15, -0.1) is 0 Å². The second-order valence-electron chi connectivity index (χ2n) is 7.18. The zero-order valence-corrected chi connectivity index (χ0v) is 16.4. The number of rotatable bonds is 3. The Morgan fingerprint density at radius 1 is 1.00 bits per heavy atom. The fourth-order valence-corrected chi connectivity index (χ4v) is 3.69. The van der Waals surface area contributed by atoms with Crippen molar-refractivity contribution in [3.63, 3.8) is 0 Å². The van der Waals surface area contributed by atoms with Gasteiger partial charge in [0.2, 0.25) is 5.91 Å². The molecule has 0 spiro atoms. The van der Waals surface area contributed by atoms with Gasteiger partial charge in [0.25, 0.3) is 0 Å². The van der Waals surface area contributed by atoms with E-state index in [1.54, 1.807) is 37.3 Å². The number of nitrogens with one attached hydrogen (secondary N) is 1. The Kier molecular flexibility index (Phi) is 4.31. The van der Waals surface area contributed by atoms with Gasteiger partial charge in [0.1, 0.15) is 11.3 Å². The van der Waals surface area contributed by atoms with E-state index < -0.39 is 11.9 Å². The van der Waals surface area contributed by atoms with Crippen LogP contribution in [0.5, 0.6) is 0 Å². The minimum absolute atomic E-state index is 0.0535. The topological polar surface area (TPSA) is 143 Å². The molecule has 150 valence electrons. The van der Waals surface area contributed by atoms with E-state index in [2.05, 4.69) is 0 Å². The third-order valence-corrected chi connectivity index (χ3v) is 5.40. The molecule has 0 saturated heterocycles. The average molecular weight is 401 g/mol. The van der Waals surface area contributed by atoms with Crippen molar-refractivity contribution in [2.75, 3.05) is 5.73 Å². The van der Waals surface area contributed by atoms with Gasteiger partial charge >= 0.3 is 5.97 Å². The fraction of sp³-hybridized carbons (Fsp3) is 0.0870. The highest BCUT2D eigenvalue weighted by atomic mass is 16.4. The van der Waals surface area contributed by atoms with E-state index in [4.69, 9.17) is 21.3 Å². The predicted octanol–water partition coefficient (Wildman–Crippen LogP) is 3.68. The van der Waals surface area contributed by atoms with E-state index in [1.807, 2.05) is 6.92 Å². The Labute approximate surface area is 171 Å². The van der Waals surface area contributed by atoms with Crippen LogP contribution in [0.3, 0.4) is 0 Å². The number of carboxylic acid groups (broad SMARTS) is 1. The fourth-order valence-electron chi connectivity index (χ4n) is 3.69. The molecule has 0 aromatic heterocycles. The maximum absolute atomic E-state index is 12.1. The summed E-state index contributed by atoms with van der Waals surface area (Å²) in [6.45, 7) is 3.60. The molecule has 0 saturated carbocycles. The number of carbonyl (C=O) groups is 2. The standard InChI is InChI=1S/C23H19N3O4/c1-10-17(24)7-5-14-19(13-4-3-12(22(26)27)9-16(13)23(28)29)15-6-8-18(25)11(2)21(15)30-20(10)14/h3-9,24H,25H2,1-2H3,(H2,26,27)(H,28,29). The number of aromatic carboxylic acids is 1. The van der Waals surface area contributed by atoms with E-state index in [9.17, 15) is 14.7 Å². The van der Waals surface area contributed by atoms with Gasteiger partial charge in [-0.25, -0.2) is 4.79 Å². The SMILES string of the molecule is Cc1c2oc3c(C)c(N)ccc3c(-c3ccc(C(N)=O)cc3C(=O)O)c-2ccc1=N. The molecule has 6 N–H and O–H groups in total. The van der Waals surface area contributed by atoms with Crippen LogP contribution in [0.4, 0.5) is 5.69 Å². The van der Waals surface area contributed by atoms with Crippen molar-refractivity contribution >= 4 is 28.5 Å². The second-order valence-corrected chi connectivity index (χ2v) is 7.18. The maximum Gasteiger partial charge on any atom is 0.336 e. The number of nitrogen functional groups attached to an aromatic ring is 1. The van der Waals surface area contributed by atoms with Gasteiger partial charge in [-0.2, -0.15) is 0 Å². The summed E-state index contributed by atoms with van der Waals surface area (Å²) < 4.78 is 6.17. The lowest BCUT2D eigenvalue weighted by Crippen LogP contribution is -2.13. The first-order valence-electron chi connectivity index (χ1n) is 9.18. The van der Waals surface area contributed by atoms with Gasteiger partial charge < -0.3 is 26.4 Å². The normalized spacial score (nSPS) is 11.1. The summed E-state index contributed by atoms with van der Waals surface area (Å²) in [6.07, 6.45) is 0. The summed E-state index contributed by atoms with van der Waals surface area (Å²) in [4.78, 5) is 23.7. The summed E-state index contributed by atoms with van der Waals surface area (Å²) in [5.74, 6) is -1.41. The minimum Gasteiger partial charge on any atom is -0.478 e. The number of anilines is 1. The molecule has 2 aromatic rings. The van der Waals surface area contributed by atoms with E-state index in [1.165, 1.54) is 12.1 Å². The van der Waals surface area contributed by atoms with Crippen LogP contribution >= 0.6 is 0 Å². The highest BCUT2D eigenvalue weighted by Gasteiger charge is 2.24. The molecule has 30 heavy (non-hydrogen) atoms. The van der Waals surface area contributed by atoms with Crippen molar-refractivity contribution in [3.8, 4) is 22.5 Å². The average Bonchev–Trinajstić information content (AvgIpc) is 2.72. The van der Waals surface area contributed by atoms with Gasteiger partial charge in [-0.1, -0.05) is 6.07 Å². The van der Waals surface area contributed by atoms with Crippen molar-refractivity contribution in [1.82, 2.24) is 0 Å². The van der Waals surface area contributed by atoms with Gasteiger partial charge in [-0.05, 0) is 55.8 Å². The van der Waals surface area contributed by atoms with Crippen molar-refractivity contribution < 1.29 is 19.1 Å². The smallest absolute Gasteiger partial charge is 0.336 e. The minimum atomic E-state index is -1.18. The van der Waals surface area contributed by atoms with E-state index in [0.717, 1.165) is 5.56 Å². The molecule has 0 atom stereocenters. The van der Waals surface area contributed by atoms with Gasteiger partial charge in [-0.3, -0.25) is 4.79 Å². The van der Waals surface area contributed by atoms with Crippen LogP contribution in [0.15, 0.2) is 46.9 Å². The van der Waals surface area contributed by atoms with Gasteiger partial charge in [0.15, 0.2) is 0 Å². The Morgan fingerprint density at radius 2 is 1.70 bits per heavy atom. The zero-order chi connectivity index (χ0) is 21.7. The number of hydrogen-bond donors (Lipinski definition) is 4. The van der Waals surface area contributed by atoms with Crippen LogP contribution in [0.25, 0.3) is 33.4 Å². The first-order chi connectivity index (χ1) is 14.2. The number of aryl methyl sites for hydroxylation is 1. The summed E-state index contributed by atoms with van der Waals surface area (Å²) in [5, 5.41) is 19.0. The molecule has 2 aromatic carbocycles. The summed E-state index contributed by atoms with van der Waals surface area (Å²) in [6, 6.07) is 11.3. The van der Waals surface area contributed by atoms with E-state index in [-0.39, 0.29) is 11.1 Å². The number of nitrogens with two attached hydrogens (primary N) is 2. The highest BCUT2D eigenvalue weighted by Crippen LogP contribution is 2.43. The molecule has 2 aliphatic rings. The third-order valence-electron chi connectivity index (χ3n) is 5.40. The predicted molar refractivity (Wildman–Crippen MR) is 113 cm³/mol. The molecule has 0 fully saturated rings. The third kappa shape index (κ3) is 2.79. The van der Waals surface area contributed by atoms with Crippen molar-refractivity contribution in [2.45, 2.75) is 13.8 Å². The van der Waals surface area contributed by atoms with E-state index >= 15 is 0 Å². The number of carboxylic acids is 1. The van der Waals surface area contributed by atoms with Gasteiger partial charge in [0.05, 0.1) is 10.9 Å². The molecule has 1 amide bonds. The maximum atomic E-state index is 12.1. The second kappa shape index (κ2) is 6.73. The van der Waals surface area contributed by atoms with Crippen molar-refractivity contribution in [1.29, 1.82) is 5.41 Å². The molecule has 7 nitrogen and oxygen atoms in total. The van der Waals surface area contributed by atoms with Crippen LogP contribution in [0.2, 0.25) is 0 Å². The molecule has 4 rings (SSSR count). The summed E-state index contributed by atoms with van der Waals surface area (Å²) in [7, 11) is 0. The number of amides is 1. The van der Waals surface area contributed by atoms with Crippen LogP contribution in [-0.2, 0) is 0 Å². The summed E-state index contributed by atoms with van der Waals surface area (Å²) in [5.41, 5.74) is 15.6. The zero-order valence-electron chi connectivity index (χ0n) is 16.4. The highest BCUT2D eigenvalue weighted by molar-refractivity contribution is 6.09. The molecule has 0 radical (unpaired) electrons. The number of primary amides is 1. The lowest BCUT2D eigenvalue weighted by molar-refractivity contribution is 0.0697. The Hall–Kier alpha value is -4.13. The Bertz CT molecular complexity index is 1400. The number of fused-ring (bicyclic) bond motifs is 2.